The van der Waals surface area contributed by atoms with E-state index in [4.69, 9.17) is 14.2 Å². The van der Waals surface area contributed by atoms with Crippen LogP contribution in [0.5, 0.6) is 34.5 Å². The predicted molar refractivity (Wildman–Crippen MR) is 248 cm³/mol. The van der Waals surface area contributed by atoms with E-state index in [0.29, 0.717) is 0 Å². The fraction of sp³-hybridized carbons (Fsp3) is 0. The normalized spacial score (nSPS) is 12.6. The van der Waals surface area contributed by atoms with E-state index < -0.39 is 0 Å². The second kappa shape index (κ2) is 13.2. The lowest BCUT2D eigenvalue weighted by molar-refractivity contribution is 0.443. The second-order valence-electron chi connectivity index (χ2n) is 15.6. The number of aromatic nitrogens is 1. The van der Waals surface area contributed by atoms with E-state index in [2.05, 4.69) is 196 Å². The molecular weight excluding hydrogens is 749 g/mol. The Morgan fingerprint density at radius 2 is 0.672 bits per heavy atom. The molecule has 6 nitrogen and oxygen atoms in total. The third-order valence-corrected chi connectivity index (χ3v) is 12.2. The molecule has 10 aromatic rings. The van der Waals surface area contributed by atoms with Gasteiger partial charge in [0.1, 0.15) is 40.1 Å². The van der Waals surface area contributed by atoms with Crippen molar-refractivity contribution in [1.82, 2.24) is 4.57 Å². The average Bonchev–Trinajstić information content (AvgIpc) is 3.66. The quantitative estimate of drug-likeness (QED) is 0.151. The Bertz CT molecular complexity index is 3060. The molecule has 0 aliphatic carbocycles. The molecule has 0 saturated carbocycles. The highest BCUT2D eigenvalue weighted by molar-refractivity contribution is 7.00. The van der Waals surface area contributed by atoms with Crippen molar-refractivity contribution in [2.24, 2.45) is 0 Å². The molecule has 7 heteroatoms. The van der Waals surface area contributed by atoms with Gasteiger partial charge in [0.25, 0.3) is 6.71 Å². The van der Waals surface area contributed by atoms with Gasteiger partial charge in [-0.05, 0) is 84.9 Å². The van der Waals surface area contributed by atoms with Crippen LogP contribution in [0.3, 0.4) is 0 Å². The Labute approximate surface area is 352 Å². The molecule has 0 N–H and O–H groups in total. The first-order chi connectivity index (χ1) is 30.3. The number of hydrogen-bond acceptors (Lipinski definition) is 5. The summed E-state index contributed by atoms with van der Waals surface area (Å²) in [5, 5.41) is 2.30. The standard InChI is InChI=1S/C54H34BN3O3/c1-5-19-35(20-6-1)56(36-21-7-2-8-22-36)51-50(58-41-29-15-13-27-39(41)40-28-14-16-30-42(40)58)52(57(37-23-9-3-10-24-37)38-25-11-4-12-26-38)54-49-53(51)60-45-33-17-31-43-47(45)55(49)48-44(59-43)32-18-34-46(48)61-54/h1-34H. The van der Waals surface area contributed by atoms with Gasteiger partial charge in [0.2, 0.25) is 0 Å². The van der Waals surface area contributed by atoms with E-state index in [9.17, 15) is 0 Å². The van der Waals surface area contributed by atoms with Crippen molar-refractivity contribution in [1.29, 1.82) is 0 Å². The maximum Gasteiger partial charge on any atom is 0.270 e. The molecule has 0 spiro atoms. The first-order valence-electron chi connectivity index (χ1n) is 20.6. The van der Waals surface area contributed by atoms with Gasteiger partial charge in [0.15, 0.2) is 11.5 Å². The summed E-state index contributed by atoms with van der Waals surface area (Å²) < 4.78 is 24.1. The summed E-state index contributed by atoms with van der Waals surface area (Å²) >= 11 is 0. The molecule has 0 amide bonds. The van der Waals surface area contributed by atoms with Crippen molar-refractivity contribution in [2.75, 3.05) is 9.80 Å². The third-order valence-electron chi connectivity index (χ3n) is 12.2. The molecule has 0 saturated heterocycles. The van der Waals surface area contributed by atoms with Crippen molar-refractivity contribution in [3.05, 3.63) is 206 Å². The van der Waals surface area contributed by atoms with E-state index in [1.165, 1.54) is 0 Å². The monoisotopic (exact) mass is 783 g/mol. The smallest absolute Gasteiger partial charge is 0.270 e. The molecule has 3 aliphatic heterocycles. The summed E-state index contributed by atoms with van der Waals surface area (Å²) in [5.74, 6) is 4.53. The molecule has 0 unspecified atom stereocenters. The number of benzene rings is 9. The highest BCUT2D eigenvalue weighted by atomic mass is 16.5. The number of nitrogens with zero attached hydrogens (tertiary/aromatic N) is 3. The Hall–Kier alpha value is -8.16. The van der Waals surface area contributed by atoms with Gasteiger partial charge in [-0.25, -0.2) is 0 Å². The van der Waals surface area contributed by atoms with Crippen LogP contribution < -0.4 is 40.4 Å². The van der Waals surface area contributed by atoms with Gasteiger partial charge >= 0.3 is 0 Å². The molecule has 13 rings (SSSR count). The maximum absolute atomic E-state index is 7.48. The number of para-hydroxylation sites is 6. The van der Waals surface area contributed by atoms with Crippen LogP contribution in [0.4, 0.5) is 34.1 Å². The fourth-order valence-electron chi connectivity index (χ4n) is 9.81. The summed E-state index contributed by atoms with van der Waals surface area (Å²) in [7, 11) is 0. The van der Waals surface area contributed by atoms with Gasteiger partial charge in [-0.3, -0.25) is 0 Å². The summed E-state index contributed by atoms with van der Waals surface area (Å²) in [6.07, 6.45) is 0. The first kappa shape index (κ1) is 33.8. The van der Waals surface area contributed by atoms with Gasteiger partial charge < -0.3 is 28.6 Å². The summed E-state index contributed by atoms with van der Waals surface area (Å²) in [6.45, 7) is -0.245. The topological polar surface area (TPSA) is 39.1 Å². The maximum atomic E-state index is 7.48. The number of fused-ring (bicyclic) bond motifs is 3. The summed E-state index contributed by atoms with van der Waals surface area (Å²) in [4.78, 5) is 4.73. The Balaban J connectivity index is 1.31. The van der Waals surface area contributed by atoms with E-state index in [1.54, 1.807) is 0 Å². The minimum Gasteiger partial charge on any atom is -0.458 e. The highest BCUT2D eigenvalue weighted by Gasteiger charge is 2.50. The van der Waals surface area contributed by atoms with Crippen LogP contribution >= 0.6 is 0 Å². The zero-order valence-corrected chi connectivity index (χ0v) is 32.8. The van der Waals surface area contributed by atoms with Crippen molar-refractivity contribution < 1.29 is 14.2 Å². The lowest BCUT2D eigenvalue weighted by Crippen LogP contribution is -2.60. The minimum absolute atomic E-state index is 0.245. The van der Waals surface area contributed by atoms with Crippen LogP contribution in [0.2, 0.25) is 0 Å². The van der Waals surface area contributed by atoms with E-state index >= 15 is 0 Å². The lowest BCUT2D eigenvalue weighted by atomic mass is 9.33. The fourth-order valence-corrected chi connectivity index (χ4v) is 9.81. The van der Waals surface area contributed by atoms with Crippen molar-refractivity contribution >= 4 is 79.0 Å². The Morgan fingerprint density at radius 3 is 1.07 bits per heavy atom. The van der Waals surface area contributed by atoms with E-state index in [1.807, 2.05) is 24.3 Å². The van der Waals surface area contributed by atoms with Crippen LogP contribution in [0.25, 0.3) is 27.5 Å². The van der Waals surface area contributed by atoms with Crippen LogP contribution in [0, 0.1) is 0 Å². The van der Waals surface area contributed by atoms with Crippen LogP contribution in [-0.2, 0) is 0 Å². The number of hydrogen-bond donors (Lipinski definition) is 0. The molecule has 1 aromatic heterocycles. The molecular formula is C54H34BN3O3. The molecule has 0 bridgehead atoms. The van der Waals surface area contributed by atoms with Gasteiger partial charge in [0, 0.05) is 49.9 Å². The molecule has 286 valence electrons. The van der Waals surface area contributed by atoms with Gasteiger partial charge in [-0.1, -0.05) is 121 Å². The minimum atomic E-state index is -0.245. The van der Waals surface area contributed by atoms with Crippen LogP contribution in [0.15, 0.2) is 206 Å². The largest absolute Gasteiger partial charge is 0.458 e. The van der Waals surface area contributed by atoms with Gasteiger partial charge in [0.05, 0.1) is 11.0 Å². The average molecular weight is 784 g/mol. The van der Waals surface area contributed by atoms with Crippen LogP contribution in [-0.4, -0.2) is 11.3 Å². The summed E-state index contributed by atoms with van der Waals surface area (Å²) in [5.41, 5.74) is 11.7. The molecule has 9 aromatic carbocycles. The molecule has 0 radical (unpaired) electrons. The predicted octanol–water partition coefficient (Wildman–Crippen LogP) is 12.6. The van der Waals surface area contributed by atoms with Crippen molar-refractivity contribution in [2.45, 2.75) is 0 Å². The summed E-state index contributed by atoms with van der Waals surface area (Å²) in [6, 6.07) is 72.1. The molecule has 4 heterocycles. The SMILES string of the molecule is c1ccc(N(c2ccccc2)c2c3c4c(c(N(c5ccccc5)c5ccccc5)c2-n2c5ccccc5c5ccccc52)Oc2cccc5c2B4c2c(cccc2O3)O5)cc1. The molecule has 0 atom stereocenters. The van der Waals surface area contributed by atoms with E-state index in [0.717, 1.165) is 113 Å². The highest BCUT2D eigenvalue weighted by Crippen LogP contribution is 2.58. The number of ether oxygens (including phenoxy) is 3. The molecule has 3 aliphatic rings. The zero-order chi connectivity index (χ0) is 40.0. The Morgan fingerprint density at radius 1 is 0.328 bits per heavy atom. The third kappa shape index (κ3) is 4.92. The lowest BCUT2D eigenvalue weighted by Gasteiger charge is -2.43. The van der Waals surface area contributed by atoms with Gasteiger partial charge in [-0.2, -0.15) is 0 Å². The molecule has 0 fully saturated rings. The Kier molecular flexibility index (Phi) is 7.30. The zero-order valence-electron chi connectivity index (χ0n) is 32.8. The van der Waals surface area contributed by atoms with Crippen molar-refractivity contribution in [3.8, 4) is 40.2 Å². The van der Waals surface area contributed by atoms with E-state index in [-0.39, 0.29) is 6.71 Å². The molecule has 61 heavy (non-hydrogen) atoms. The number of rotatable bonds is 7. The second-order valence-corrected chi connectivity index (χ2v) is 15.6. The number of anilines is 6. The van der Waals surface area contributed by atoms with Gasteiger partial charge in [-0.15, -0.1) is 0 Å². The van der Waals surface area contributed by atoms with Crippen LogP contribution in [0.1, 0.15) is 0 Å². The first-order valence-corrected chi connectivity index (χ1v) is 20.6. The van der Waals surface area contributed by atoms with Crippen molar-refractivity contribution in [3.63, 3.8) is 0 Å².